The van der Waals surface area contributed by atoms with Crippen molar-refractivity contribution >= 4 is 29.1 Å². The second-order valence-electron chi connectivity index (χ2n) is 4.56. The van der Waals surface area contributed by atoms with E-state index >= 15 is 0 Å². The van der Waals surface area contributed by atoms with Crippen LogP contribution in [0.25, 0.3) is 0 Å². The molecule has 0 saturated heterocycles. The van der Waals surface area contributed by atoms with Crippen LogP contribution in [0, 0.1) is 0 Å². The molecule has 1 heterocycles. The number of methoxy groups -OCH3 is 1. The number of halogens is 1. The summed E-state index contributed by atoms with van der Waals surface area (Å²) in [6.45, 7) is 0. The summed E-state index contributed by atoms with van der Waals surface area (Å²) < 4.78 is 5.03. The number of carbonyl (C=O) groups is 2. The summed E-state index contributed by atoms with van der Waals surface area (Å²) in [6, 6.07) is 9.94. The van der Waals surface area contributed by atoms with Gasteiger partial charge in [0.15, 0.2) is 5.78 Å². The number of hydrogen-bond donors (Lipinski definition) is 1. The van der Waals surface area contributed by atoms with Crippen LogP contribution in [-0.2, 0) is 4.79 Å². The molecule has 2 rings (SSSR count). The van der Waals surface area contributed by atoms with Crippen LogP contribution in [0.3, 0.4) is 0 Å². The van der Waals surface area contributed by atoms with Gasteiger partial charge in [-0.3, -0.25) is 9.59 Å². The highest BCUT2D eigenvalue weighted by atomic mass is 35.5. The molecule has 0 fully saturated rings. The van der Waals surface area contributed by atoms with Gasteiger partial charge >= 0.3 is 0 Å². The number of aromatic nitrogens is 1. The van der Waals surface area contributed by atoms with E-state index in [2.05, 4.69) is 10.3 Å². The number of carbonyl (C=O) groups excluding carboxylic acids is 2. The first kappa shape index (κ1) is 16.0. The van der Waals surface area contributed by atoms with E-state index in [9.17, 15) is 9.59 Å². The number of rotatable bonds is 6. The maximum atomic E-state index is 12.0. The van der Waals surface area contributed by atoms with E-state index in [4.69, 9.17) is 16.3 Å². The van der Waals surface area contributed by atoms with E-state index in [1.54, 1.807) is 43.5 Å². The number of nitrogens with zero attached hydrogens (tertiary/aromatic N) is 1. The van der Waals surface area contributed by atoms with Crippen LogP contribution in [0.15, 0.2) is 42.6 Å². The minimum Gasteiger partial charge on any atom is -0.497 e. The van der Waals surface area contributed by atoms with Crippen LogP contribution < -0.4 is 10.1 Å². The summed E-state index contributed by atoms with van der Waals surface area (Å²) in [5.74, 6) is 0.671. The average molecular weight is 319 g/mol. The Hall–Kier alpha value is -2.40. The lowest BCUT2D eigenvalue weighted by Crippen LogP contribution is -2.14. The van der Waals surface area contributed by atoms with Gasteiger partial charge in [-0.2, -0.15) is 0 Å². The van der Waals surface area contributed by atoms with Crippen molar-refractivity contribution in [2.45, 2.75) is 12.8 Å². The van der Waals surface area contributed by atoms with Crippen molar-refractivity contribution < 1.29 is 14.3 Å². The molecule has 0 unspecified atom stereocenters. The number of anilines is 1. The third kappa shape index (κ3) is 4.56. The quantitative estimate of drug-likeness (QED) is 0.829. The molecule has 1 amide bonds. The summed E-state index contributed by atoms with van der Waals surface area (Å²) in [5.41, 5.74) is 0.550. The summed E-state index contributed by atoms with van der Waals surface area (Å²) in [5, 5.41) is 3.09. The van der Waals surface area contributed by atoms with E-state index in [1.807, 2.05) is 0 Å². The molecular formula is C16H15ClN2O3. The summed E-state index contributed by atoms with van der Waals surface area (Å²) in [4.78, 5) is 27.8. The molecule has 0 aliphatic rings. The number of ether oxygens (including phenoxy) is 1. The fourth-order valence-corrected chi connectivity index (χ4v) is 1.99. The first-order chi connectivity index (χ1) is 10.6. The number of ketones is 1. The van der Waals surface area contributed by atoms with Gasteiger partial charge in [0.05, 0.1) is 7.11 Å². The summed E-state index contributed by atoms with van der Waals surface area (Å²) in [7, 11) is 1.56. The second kappa shape index (κ2) is 7.56. The molecule has 1 aromatic carbocycles. The monoisotopic (exact) mass is 318 g/mol. The lowest BCUT2D eigenvalue weighted by Gasteiger charge is -2.05. The number of amides is 1. The molecule has 5 nitrogen and oxygen atoms in total. The van der Waals surface area contributed by atoms with Gasteiger partial charge in [0.1, 0.15) is 11.6 Å². The molecule has 114 valence electrons. The van der Waals surface area contributed by atoms with Gasteiger partial charge in [0, 0.05) is 29.6 Å². The summed E-state index contributed by atoms with van der Waals surface area (Å²) >= 11 is 5.80. The maximum absolute atomic E-state index is 12.0. The Balaban J connectivity index is 1.86. The topological polar surface area (TPSA) is 68.3 Å². The predicted octanol–water partition coefficient (Wildman–Crippen LogP) is 3.35. The molecule has 1 N–H and O–H groups in total. The van der Waals surface area contributed by atoms with Crippen LogP contribution in [0.2, 0.25) is 5.02 Å². The van der Waals surface area contributed by atoms with Gasteiger partial charge in [-0.05, 0) is 36.4 Å². The van der Waals surface area contributed by atoms with Crippen molar-refractivity contribution in [1.29, 1.82) is 0 Å². The standard InChI is InChI=1S/C16H15ClN2O3/c1-22-13-4-2-11(3-5-13)14(20)6-7-16(21)19-15-10-12(17)8-9-18-15/h2-5,8-10H,6-7H2,1H3,(H,18,19,21). The minimum absolute atomic E-state index is 0.0824. The van der Waals surface area contributed by atoms with Crippen molar-refractivity contribution in [3.05, 3.63) is 53.2 Å². The Morgan fingerprint density at radius 1 is 1.18 bits per heavy atom. The molecule has 0 saturated carbocycles. The second-order valence-corrected chi connectivity index (χ2v) is 5.00. The highest BCUT2D eigenvalue weighted by Crippen LogP contribution is 2.14. The van der Waals surface area contributed by atoms with Gasteiger partial charge in [0.25, 0.3) is 0 Å². The highest BCUT2D eigenvalue weighted by Gasteiger charge is 2.10. The Morgan fingerprint density at radius 3 is 2.55 bits per heavy atom. The van der Waals surface area contributed by atoms with Crippen molar-refractivity contribution in [3.8, 4) is 5.75 Å². The van der Waals surface area contributed by atoms with Gasteiger partial charge in [0.2, 0.25) is 5.91 Å². The number of benzene rings is 1. The first-order valence-electron chi connectivity index (χ1n) is 6.67. The molecule has 0 atom stereocenters. The Labute approximate surface area is 133 Å². The summed E-state index contributed by atoms with van der Waals surface area (Å²) in [6.07, 6.45) is 1.71. The van der Waals surface area contributed by atoms with Crippen LogP contribution in [0.1, 0.15) is 23.2 Å². The zero-order valence-electron chi connectivity index (χ0n) is 12.0. The molecule has 2 aromatic rings. The Bertz CT molecular complexity index is 671. The Kier molecular flexibility index (Phi) is 5.49. The number of nitrogens with one attached hydrogen (secondary N) is 1. The zero-order valence-corrected chi connectivity index (χ0v) is 12.8. The molecule has 1 aromatic heterocycles. The molecule has 22 heavy (non-hydrogen) atoms. The van der Waals surface area contributed by atoms with E-state index in [0.29, 0.717) is 22.2 Å². The third-order valence-corrected chi connectivity index (χ3v) is 3.22. The van der Waals surface area contributed by atoms with Crippen LogP contribution in [-0.4, -0.2) is 23.8 Å². The molecule has 6 heteroatoms. The van der Waals surface area contributed by atoms with Crippen LogP contribution in [0.5, 0.6) is 5.75 Å². The van der Waals surface area contributed by atoms with E-state index in [0.717, 1.165) is 0 Å². The van der Waals surface area contributed by atoms with E-state index in [-0.39, 0.29) is 24.5 Å². The molecular weight excluding hydrogens is 304 g/mol. The van der Waals surface area contributed by atoms with E-state index in [1.165, 1.54) is 6.20 Å². The molecule has 0 radical (unpaired) electrons. The fourth-order valence-electron chi connectivity index (χ4n) is 1.83. The average Bonchev–Trinajstić information content (AvgIpc) is 2.52. The van der Waals surface area contributed by atoms with Crippen LogP contribution in [0.4, 0.5) is 5.82 Å². The van der Waals surface area contributed by atoms with Crippen molar-refractivity contribution in [2.75, 3.05) is 12.4 Å². The van der Waals surface area contributed by atoms with Gasteiger partial charge in [-0.15, -0.1) is 0 Å². The number of Topliss-reactive ketones (excluding diaryl/α,β-unsaturated/α-hetero) is 1. The SMILES string of the molecule is COc1ccc(C(=O)CCC(=O)Nc2cc(Cl)ccn2)cc1. The van der Waals surface area contributed by atoms with Crippen molar-refractivity contribution in [3.63, 3.8) is 0 Å². The molecule has 0 bridgehead atoms. The molecule has 0 aliphatic heterocycles. The van der Waals surface area contributed by atoms with Crippen LogP contribution >= 0.6 is 11.6 Å². The smallest absolute Gasteiger partial charge is 0.225 e. The van der Waals surface area contributed by atoms with E-state index < -0.39 is 0 Å². The largest absolute Gasteiger partial charge is 0.497 e. The third-order valence-electron chi connectivity index (χ3n) is 2.98. The highest BCUT2D eigenvalue weighted by molar-refractivity contribution is 6.30. The number of hydrogen-bond acceptors (Lipinski definition) is 4. The van der Waals surface area contributed by atoms with Gasteiger partial charge < -0.3 is 10.1 Å². The zero-order chi connectivity index (χ0) is 15.9. The maximum Gasteiger partial charge on any atom is 0.225 e. The first-order valence-corrected chi connectivity index (χ1v) is 7.05. The molecule has 0 aliphatic carbocycles. The fraction of sp³-hybridized carbons (Fsp3) is 0.188. The van der Waals surface area contributed by atoms with Gasteiger partial charge in [-0.25, -0.2) is 4.98 Å². The lowest BCUT2D eigenvalue weighted by molar-refractivity contribution is -0.116. The van der Waals surface area contributed by atoms with Crippen molar-refractivity contribution in [2.24, 2.45) is 0 Å². The van der Waals surface area contributed by atoms with Crippen molar-refractivity contribution in [1.82, 2.24) is 4.98 Å². The minimum atomic E-state index is -0.281. The van der Waals surface area contributed by atoms with Gasteiger partial charge in [-0.1, -0.05) is 11.6 Å². The predicted molar refractivity (Wildman–Crippen MR) is 84.4 cm³/mol. The normalized spacial score (nSPS) is 10.1. The lowest BCUT2D eigenvalue weighted by atomic mass is 10.1. The Morgan fingerprint density at radius 2 is 1.91 bits per heavy atom. The molecule has 0 spiro atoms. The number of pyridine rings is 1.